The highest BCUT2D eigenvalue weighted by Gasteiger charge is 2.69. The van der Waals surface area contributed by atoms with E-state index in [0.29, 0.717) is 22.9 Å². The van der Waals surface area contributed by atoms with Crippen molar-refractivity contribution in [1.29, 1.82) is 0 Å². The van der Waals surface area contributed by atoms with Crippen LogP contribution >= 0.6 is 0 Å². The summed E-state index contributed by atoms with van der Waals surface area (Å²) in [4.78, 5) is 12.3. The quantitative estimate of drug-likeness (QED) is 0.379. The molecule has 0 aromatic heterocycles. The van der Waals surface area contributed by atoms with Crippen LogP contribution in [-0.2, 0) is 9.53 Å². The Labute approximate surface area is 232 Å². The van der Waals surface area contributed by atoms with E-state index in [1.165, 1.54) is 69.8 Å². The maximum atomic E-state index is 12.3. The van der Waals surface area contributed by atoms with Gasteiger partial charge in [0, 0.05) is 5.54 Å². The van der Waals surface area contributed by atoms with Crippen molar-refractivity contribution in [2.24, 2.45) is 57.0 Å². The van der Waals surface area contributed by atoms with Crippen LogP contribution in [0.1, 0.15) is 125 Å². The van der Waals surface area contributed by atoms with Gasteiger partial charge in [0.1, 0.15) is 0 Å². The third-order valence-corrected chi connectivity index (χ3v) is 14.4. The first-order chi connectivity index (χ1) is 17.9. The van der Waals surface area contributed by atoms with E-state index in [1.54, 1.807) is 5.57 Å². The van der Waals surface area contributed by atoms with Gasteiger partial charge in [0.15, 0.2) is 0 Å². The van der Waals surface area contributed by atoms with Crippen molar-refractivity contribution in [3.05, 3.63) is 23.3 Å². The Morgan fingerprint density at radius 2 is 1.68 bits per heavy atom. The van der Waals surface area contributed by atoms with E-state index in [2.05, 4.69) is 46.8 Å². The zero-order valence-electron chi connectivity index (χ0n) is 25.3. The van der Waals surface area contributed by atoms with Crippen LogP contribution in [0, 0.1) is 51.2 Å². The number of hydrogen-bond donors (Lipinski definition) is 1. The van der Waals surface area contributed by atoms with E-state index < -0.39 is 0 Å². The minimum absolute atomic E-state index is 0.00452. The van der Waals surface area contributed by atoms with E-state index in [4.69, 9.17) is 10.5 Å². The Hall–Kier alpha value is -1.09. The van der Waals surface area contributed by atoms with Crippen LogP contribution in [0.5, 0.6) is 0 Å². The molecule has 212 valence electrons. The van der Waals surface area contributed by atoms with Gasteiger partial charge in [-0.1, -0.05) is 53.2 Å². The molecule has 9 atom stereocenters. The average Bonchev–Trinajstić information content (AvgIpc) is 3.26. The standard InChI is InChI=1S/C35H55NO2/c1-7-38-30(37)24-12-10-23(11-13-24)25-16-19-32(4)28(31(25,2)3)17-20-34(6)29(32)15-14-26-27-9-8-18-35(27,36)22-21-33(26,34)5/h10,16,24,26-29H,7-9,11-15,17-22,36H2,1-6H3/t24?,26?,27-,28?,29-,32?,33-,34?,35?/m1/s1. The Kier molecular flexibility index (Phi) is 6.39. The zero-order valence-corrected chi connectivity index (χ0v) is 25.3. The summed E-state index contributed by atoms with van der Waals surface area (Å²) in [6, 6.07) is 0. The number of ether oxygens (including phenoxy) is 1. The molecular formula is C35H55NO2. The lowest BCUT2D eigenvalue weighted by Crippen LogP contribution is -2.66. The molecule has 0 aromatic rings. The number of carbonyl (C=O) groups is 1. The summed E-state index contributed by atoms with van der Waals surface area (Å²) in [6.07, 6.45) is 21.2. The Balaban J connectivity index is 1.28. The van der Waals surface area contributed by atoms with Gasteiger partial charge < -0.3 is 10.5 Å². The molecule has 3 nitrogen and oxygen atoms in total. The lowest BCUT2D eigenvalue weighted by Gasteiger charge is -2.72. The van der Waals surface area contributed by atoms with Crippen LogP contribution in [-0.4, -0.2) is 18.1 Å². The highest BCUT2D eigenvalue weighted by molar-refractivity contribution is 5.73. The highest BCUT2D eigenvalue weighted by Crippen LogP contribution is 2.75. The molecule has 0 bridgehead atoms. The summed E-state index contributed by atoms with van der Waals surface area (Å²) < 4.78 is 5.33. The minimum atomic E-state index is -0.00452. The first-order valence-electron chi connectivity index (χ1n) is 16.3. The second-order valence-corrected chi connectivity index (χ2v) is 15.9. The fraction of sp³-hybridized carbons (Fsp3) is 0.857. The van der Waals surface area contributed by atoms with Crippen LogP contribution in [0.4, 0.5) is 0 Å². The van der Waals surface area contributed by atoms with E-state index in [1.807, 2.05) is 6.92 Å². The summed E-state index contributed by atoms with van der Waals surface area (Å²) in [6.45, 7) is 15.6. The van der Waals surface area contributed by atoms with Gasteiger partial charge in [0.25, 0.3) is 0 Å². The summed E-state index contributed by atoms with van der Waals surface area (Å²) in [7, 11) is 0. The van der Waals surface area contributed by atoms with Gasteiger partial charge in [-0.05, 0) is 140 Å². The fourth-order valence-electron chi connectivity index (χ4n) is 12.3. The molecule has 4 saturated carbocycles. The molecule has 0 aromatic carbocycles. The number of fused-ring (bicyclic) bond motifs is 7. The van der Waals surface area contributed by atoms with Crippen molar-refractivity contribution < 1.29 is 9.53 Å². The molecule has 4 fully saturated rings. The van der Waals surface area contributed by atoms with E-state index in [-0.39, 0.29) is 22.8 Å². The SMILES string of the molecule is CCOC(=O)C1CC=C(C2=CCC3(C)C(CCC4(C)[C@@H]3CCC3[C@H]5CCCC5(N)CC[C@]34C)C2(C)C)CC1. The maximum Gasteiger partial charge on any atom is 0.309 e. The van der Waals surface area contributed by atoms with Crippen LogP contribution in [0.15, 0.2) is 23.3 Å². The van der Waals surface area contributed by atoms with E-state index in [9.17, 15) is 4.79 Å². The third kappa shape index (κ3) is 3.58. The Morgan fingerprint density at radius 3 is 2.39 bits per heavy atom. The second-order valence-electron chi connectivity index (χ2n) is 15.9. The van der Waals surface area contributed by atoms with E-state index in [0.717, 1.165) is 42.9 Å². The van der Waals surface area contributed by atoms with Crippen molar-refractivity contribution in [3.8, 4) is 0 Å². The molecule has 6 rings (SSSR count). The van der Waals surface area contributed by atoms with Crippen molar-refractivity contribution in [2.75, 3.05) is 6.61 Å². The van der Waals surface area contributed by atoms with Gasteiger partial charge in [-0.15, -0.1) is 0 Å². The molecule has 6 aliphatic rings. The summed E-state index contributed by atoms with van der Waals surface area (Å²) in [5.74, 6) is 3.15. The molecule has 38 heavy (non-hydrogen) atoms. The predicted molar refractivity (Wildman–Crippen MR) is 155 cm³/mol. The van der Waals surface area contributed by atoms with Crippen LogP contribution in [0.25, 0.3) is 0 Å². The van der Waals surface area contributed by atoms with Gasteiger partial charge in [-0.3, -0.25) is 4.79 Å². The van der Waals surface area contributed by atoms with Crippen LogP contribution < -0.4 is 5.73 Å². The van der Waals surface area contributed by atoms with Crippen LogP contribution in [0.2, 0.25) is 0 Å². The first-order valence-corrected chi connectivity index (χ1v) is 16.3. The first kappa shape index (κ1) is 27.1. The normalized spacial score (nSPS) is 49.5. The lowest BCUT2D eigenvalue weighted by molar-refractivity contribution is -0.216. The average molecular weight is 522 g/mol. The molecule has 2 N–H and O–H groups in total. The molecule has 0 aliphatic heterocycles. The van der Waals surface area contributed by atoms with Crippen molar-refractivity contribution in [1.82, 2.24) is 0 Å². The molecule has 0 saturated heterocycles. The maximum absolute atomic E-state index is 12.3. The number of carbonyl (C=O) groups excluding carboxylic acids is 1. The van der Waals surface area contributed by atoms with Crippen molar-refractivity contribution in [2.45, 2.75) is 131 Å². The van der Waals surface area contributed by atoms with Gasteiger partial charge in [0.2, 0.25) is 0 Å². The molecule has 6 aliphatic carbocycles. The van der Waals surface area contributed by atoms with Gasteiger partial charge in [-0.25, -0.2) is 0 Å². The highest BCUT2D eigenvalue weighted by atomic mass is 16.5. The predicted octanol–water partition coefficient (Wildman–Crippen LogP) is 8.38. The molecule has 0 amide bonds. The molecule has 0 radical (unpaired) electrons. The van der Waals surface area contributed by atoms with Gasteiger partial charge >= 0.3 is 5.97 Å². The number of rotatable bonds is 3. The Bertz CT molecular complexity index is 1040. The number of nitrogens with two attached hydrogens (primary N) is 1. The minimum Gasteiger partial charge on any atom is -0.466 e. The third-order valence-electron chi connectivity index (χ3n) is 14.4. The molecule has 3 heteroatoms. The smallest absolute Gasteiger partial charge is 0.309 e. The second kappa shape index (κ2) is 8.95. The topological polar surface area (TPSA) is 52.3 Å². The zero-order chi connectivity index (χ0) is 27.1. The fourth-order valence-corrected chi connectivity index (χ4v) is 12.3. The molecule has 0 spiro atoms. The largest absolute Gasteiger partial charge is 0.466 e. The lowest BCUT2D eigenvalue weighted by atomic mass is 9.33. The number of hydrogen-bond acceptors (Lipinski definition) is 3. The molecule has 6 unspecified atom stereocenters. The van der Waals surface area contributed by atoms with Crippen LogP contribution in [0.3, 0.4) is 0 Å². The van der Waals surface area contributed by atoms with Gasteiger partial charge in [-0.2, -0.15) is 0 Å². The molecular weight excluding hydrogens is 466 g/mol. The van der Waals surface area contributed by atoms with Gasteiger partial charge in [0.05, 0.1) is 12.5 Å². The Morgan fingerprint density at radius 1 is 0.895 bits per heavy atom. The summed E-state index contributed by atoms with van der Waals surface area (Å²) in [5, 5.41) is 0. The van der Waals surface area contributed by atoms with Crippen molar-refractivity contribution >= 4 is 5.97 Å². The number of allylic oxidation sites excluding steroid dienone is 4. The molecule has 0 heterocycles. The number of esters is 1. The van der Waals surface area contributed by atoms with E-state index >= 15 is 0 Å². The summed E-state index contributed by atoms with van der Waals surface area (Å²) >= 11 is 0. The monoisotopic (exact) mass is 521 g/mol. The summed E-state index contributed by atoms with van der Waals surface area (Å²) in [5.41, 5.74) is 11.8. The van der Waals surface area contributed by atoms with Crippen molar-refractivity contribution in [3.63, 3.8) is 0 Å².